The highest BCUT2D eigenvalue weighted by molar-refractivity contribution is 9.10. The van der Waals surface area contributed by atoms with E-state index in [2.05, 4.69) is 15.9 Å². The van der Waals surface area contributed by atoms with Crippen molar-refractivity contribution in [3.05, 3.63) is 87.1 Å². The summed E-state index contributed by atoms with van der Waals surface area (Å²) in [6, 6.07) is 12.7. The van der Waals surface area contributed by atoms with E-state index in [1.807, 2.05) is 6.08 Å². The molecule has 48 heavy (non-hydrogen) atoms. The third-order valence-electron chi connectivity index (χ3n) is 10.5. The Balaban J connectivity index is 1.39. The summed E-state index contributed by atoms with van der Waals surface area (Å²) in [4.78, 5) is 59.1. The Bertz CT molecular complexity index is 1970. The molecular weight excluding hydrogens is 710 g/mol. The van der Waals surface area contributed by atoms with Crippen LogP contribution in [0.15, 0.2) is 70.7 Å². The van der Waals surface area contributed by atoms with Crippen molar-refractivity contribution in [3.63, 3.8) is 0 Å². The molecule has 2 saturated heterocycles. The Morgan fingerprint density at radius 2 is 1.71 bits per heavy atom. The lowest BCUT2D eigenvalue weighted by atomic mass is 9.51. The van der Waals surface area contributed by atoms with Crippen LogP contribution in [0.4, 0.5) is 15.8 Å². The number of phenols is 1. The molecular formula is C34H28BBrClFN2O8. The van der Waals surface area contributed by atoms with Crippen molar-refractivity contribution in [2.75, 3.05) is 16.9 Å². The zero-order valence-corrected chi connectivity index (χ0v) is 27.9. The standard InChI is InChI=1S/C34H28BBrClFN2O8/c1-34-23(31(43)40(33(34)45)18-6-9-25(38)24(37)13-18)14-21-19(28(34)22-11-16(36)12-26(48-2)29(22)41)7-8-20-27(21)32(44)39(30(20)42)17-5-3-4-15(10-17)35(46)47/h3-7,9-13,20-21,23,27-28,41,46-47H,8,14H2,1-2H3/t20-,21+,23-,27-,28+,34+/m0/s1. The van der Waals surface area contributed by atoms with Gasteiger partial charge in [0.25, 0.3) is 0 Å². The fourth-order valence-corrected chi connectivity index (χ4v) is 8.91. The molecule has 14 heteroatoms. The number of phenolic OH excluding ortho intramolecular Hbond substituents is 1. The number of halogens is 3. The largest absolute Gasteiger partial charge is 0.504 e. The number of anilines is 2. The first-order valence-electron chi connectivity index (χ1n) is 15.2. The van der Waals surface area contributed by atoms with Crippen molar-refractivity contribution in [1.29, 1.82) is 0 Å². The van der Waals surface area contributed by atoms with Gasteiger partial charge in [0.1, 0.15) is 5.82 Å². The lowest BCUT2D eigenvalue weighted by Gasteiger charge is -2.49. The molecule has 1 saturated carbocycles. The molecule has 0 unspecified atom stereocenters. The Kier molecular flexibility index (Phi) is 7.82. The maximum absolute atomic E-state index is 14.6. The Morgan fingerprint density at radius 1 is 0.979 bits per heavy atom. The van der Waals surface area contributed by atoms with Gasteiger partial charge in [-0.05, 0) is 73.6 Å². The highest BCUT2D eigenvalue weighted by Crippen LogP contribution is 2.65. The van der Waals surface area contributed by atoms with Gasteiger partial charge < -0.3 is 19.9 Å². The number of imide groups is 2. The number of aromatic hydroxyl groups is 1. The van der Waals surface area contributed by atoms with Crippen LogP contribution in [0.25, 0.3) is 0 Å². The van der Waals surface area contributed by atoms with Crippen molar-refractivity contribution < 1.29 is 43.5 Å². The number of hydrogen-bond donors (Lipinski definition) is 3. The van der Waals surface area contributed by atoms with E-state index >= 15 is 0 Å². The first-order valence-corrected chi connectivity index (χ1v) is 16.4. The maximum Gasteiger partial charge on any atom is 0.488 e. The Morgan fingerprint density at radius 3 is 2.40 bits per heavy atom. The summed E-state index contributed by atoms with van der Waals surface area (Å²) in [7, 11) is -0.430. The molecule has 6 atom stereocenters. The predicted molar refractivity (Wildman–Crippen MR) is 177 cm³/mol. The van der Waals surface area contributed by atoms with Crippen molar-refractivity contribution >= 4 is 75.1 Å². The molecule has 2 aliphatic carbocycles. The summed E-state index contributed by atoms with van der Waals surface area (Å²) in [6.45, 7) is 1.66. The summed E-state index contributed by atoms with van der Waals surface area (Å²) in [5.74, 6) is -7.27. The molecule has 246 valence electrons. The summed E-state index contributed by atoms with van der Waals surface area (Å²) < 4.78 is 20.1. The summed E-state index contributed by atoms with van der Waals surface area (Å²) >= 11 is 9.54. The number of fused-ring (bicyclic) bond motifs is 4. The third kappa shape index (κ3) is 4.58. The number of nitrogens with zero attached hydrogens (tertiary/aromatic N) is 2. The van der Waals surface area contributed by atoms with E-state index in [9.17, 15) is 38.7 Å². The summed E-state index contributed by atoms with van der Waals surface area (Å²) in [5.41, 5.74) is -0.182. The molecule has 3 fully saturated rings. The zero-order valence-electron chi connectivity index (χ0n) is 25.6. The van der Waals surface area contributed by atoms with Crippen molar-refractivity contribution in [3.8, 4) is 11.5 Å². The minimum Gasteiger partial charge on any atom is -0.504 e. The van der Waals surface area contributed by atoms with Gasteiger partial charge in [-0.1, -0.05) is 51.3 Å². The van der Waals surface area contributed by atoms with E-state index in [0.29, 0.717) is 15.6 Å². The number of methoxy groups -OCH3 is 1. The van der Waals surface area contributed by atoms with Crippen molar-refractivity contribution in [2.45, 2.75) is 25.7 Å². The second-order valence-corrected chi connectivity index (χ2v) is 14.1. The molecule has 10 nitrogen and oxygen atoms in total. The van der Waals surface area contributed by atoms with Gasteiger partial charge in [-0.25, -0.2) is 9.29 Å². The molecule has 4 aliphatic rings. The van der Waals surface area contributed by atoms with Gasteiger partial charge in [0.15, 0.2) is 11.5 Å². The van der Waals surface area contributed by atoms with Crippen LogP contribution in [0, 0.1) is 34.9 Å². The van der Waals surface area contributed by atoms with Crippen molar-refractivity contribution in [1.82, 2.24) is 0 Å². The van der Waals surface area contributed by atoms with Gasteiger partial charge in [0, 0.05) is 16.0 Å². The number of amides is 4. The molecule has 3 aromatic rings. The fourth-order valence-electron chi connectivity index (χ4n) is 8.28. The first kappa shape index (κ1) is 32.5. The third-order valence-corrected chi connectivity index (χ3v) is 11.2. The van der Waals surface area contributed by atoms with E-state index in [-0.39, 0.29) is 46.2 Å². The van der Waals surface area contributed by atoms with Crippen LogP contribution in [-0.4, -0.2) is 53.0 Å². The van der Waals surface area contributed by atoms with Crippen LogP contribution >= 0.6 is 27.5 Å². The quantitative estimate of drug-likeness (QED) is 0.202. The second kappa shape index (κ2) is 11.5. The number of hydrogen-bond acceptors (Lipinski definition) is 8. The van der Waals surface area contributed by atoms with Gasteiger partial charge in [-0.3, -0.25) is 24.1 Å². The molecule has 4 amide bonds. The second-order valence-electron chi connectivity index (χ2n) is 12.8. The lowest BCUT2D eigenvalue weighted by Crippen LogP contribution is -2.49. The normalized spacial score (nSPS) is 27.9. The van der Waals surface area contributed by atoms with Gasteiger partial charge in [-0.15, -0.1) is 0 Å². The zero-order chi connectivity index (χ0) is 34.4. The Labute approximate surface area is 288 Å². The molecule has 2 heterocycles. The van der Waals surface area contributed by atoms with Gasteiger partial charge in [-0.2, -0.15) is 0 Å². The molecule has 7 rings (SSSR count). The Hall–Kier alpha value is -4.04. The minimum atomic E-state index is -1.82. The molecule has 0 aromatic heterocycles. The number of ether oxygens (including phenoxy) is 1. The van der Waals surface area contributed by atoms with E-state index < -0.39 is 71.6 Å². The SMILES string of the molecule is COc1cc(Br)cc([C@H]2C3=CC[C@@H]4C(=O)N(c5cccc(B(O)O)c5)C(=O)[C@@H]4[C@@H]3C[C@H]3C(=O)N(c4ccc(F)c(Cl)c4)C(=O)[C@@]23C)c1O. The number of rotatable bonds is 5. The maximum atomic E-state index is 14.6. The lowest BCUT2D eigenvalue weighted by molar-refractivity contribution is -0.131. The van der Waals surface area contributed by atoms with E-state index in [1.54, 1.807) is 19.1 Å². The number of carbonyl (C=O) groups excluding carboxylic acids is 4. The van der Waals surface area contributed by atoms with E-state index in [1.165, 1.54) is 43.5 Å². The smallest absolute Gasteiger partial charge is 0.488 e. The number of allylic oxidation sites excluding steroid dienone is 2. The first-order chi connectivity index (χ1) is 22.8. The molecule has 0 spiro atoms. The average molecular weight is 738 g/mol. The highest BCUT2D eigenvalue weighted by atomic mass is 79.9. The predicted octanol–water partition coefficient (Wildman–Crippen LogP) is 4.07. The van der Waals surface area contributed by atoms with Crippen LogP contribution in [0.5, 0.6) is 11.5 Å². The summed E-state index contributed by atoms with van der Waals surface area (Å²) in [5, 5.41) is 30.7. The number of benzene rings is 3. The van der Waals surface area contributed by atoms with E-state index in [0.717, 1.165) is 15.9 Å². The van der Waals surface area contributed by atoms with Crippen LogP contribution in [0.1, 0.15) is 31.2 Å². The van der Waals surface area contributed by atoms with Crippen LogP contribution in [-0.2, 0) is 19.2 Å². The van der Waals surface area contributed by atoms with Crippen molar-refractivity contribution in [2.24, 2.45) is 29.1 Å². The summed E-state index contributed by atoms with van der Waals surface area (Å²) in [6.07, 6.45) is 2.04. The monoisotopic (exact) mass is 736 g/mol. The molecule has 3 N–H and O–H groups in total. The fraction of sp³-hybridized carbons (Fsp3) is 0.294. The van der Waals surface area contributed by atoms with Crippen LogP contribution in [0.3, 0.4) is 0 Å². The number of carbonyl (C=O) groups is 4. The molecule has 0 bridgehead atoms. The van der Waals surface area contributed by atoms with Crippen LogP contribution < -0.4 is 20.0 Å². The topological polar surface area (TPSA) is 145 Å². The average Bonchev–Trinajstić information content (AvgIpc) is 3.43. The van der Waals surface area contributed by atoms with Gasteiger partial charge in [0.2, 0.25) is 23.6 Å². The van der Waals surface area contributed by atoms with Crippen LogP contribution in [0.2, 0.25) is 5.02 Å². The molecule has 0 radical (unpaired) electrons. The molecule has 3 aromatic carbocycles. The van der Waals surface area contributed by atoms with E-state index in [4.69, 9.17) is 16.3 Å². The van der Waals surface area contributed by atoms with Gasteiger partial charge in [0.05, 0.1) is 46.7 Å². The van der Waals surface area contributed by atoms with Gasteiger partial charge >= 0.3 is 7.12 Å². The minimum absolute atomic E-state index is 0.0458. The highest BCUT2D eigenvalue weighted by Gasteiger charge is 2.68. The molecule has 2 aliphatic heterocycles.